The summed E-state index contributed by atoms with van der Waals surface area (Å²) in [5.74, 6) is -2.64. The number of carbonyl (C=O) groups is 1. The van der Waals surface area contributed by atoms with Crippen LogP contribution in [-0.4, -0.2) is 49.1 Å². The number of amides is 1. The van der Waals surface area contributed by atoms with Gasteiger partial charge in [-0.15, -0.1) is 0 Å². The normalized spacial score (nSPS) is 13.6. The van der Waals surface area contributed by atoms with Crippen molar-refractivity contribution in [2.24, 2.45) is 0 Å². The van der Waals surface area contributed by atoms with Crippen LogP contribution in [0.25, 0.3) is 11.0 Å². The molecular formula is C20H20FN5O7S. The lowest BCUT2D eigenvalue weighted by atomic mass is 10.2. The van der Waals surface area contributed by atoms with Gasteiger partial charge >= 0.3 is 22.1 Å². The van der Waals surface area contributed by atoms with Crippen molar-refractivity contribution in [3.8, 4) is 5.75 Å². The highest BCUT2D eigenvalue weighted by Crippen LogP contribution is 2.22. The highest BCUT2D eigenvalue weighted by Gasteiger charge is 2.28. The fourth-order valence-corrected chi connectivity index (χ4v) is 4.09. The summed E-state index contributed by atoms with van der Waals surface area (Å²) in [5, 5.41) is -0.00623. The summed E-state index contributed by atoms with van der Waals surface area (Å²) in [4.78, 5) is 41.9. The third-order valence-corrected chi connectivity index (χ3v) is 5.95. The molecule has 0 aliphatic heterocycles. The molecule has 1 aliphatic rings. The van der Waals surface area contributed by atoms with Gasteiger partial charge in [-0.1, -0.05) is 0 Å². The highest BCUT2D eigenvalue weighted by atomic mass is 32.2. The minimum absolute atomic E-state index is 0.00623. The molecule has 0 spiro atoms. The smallest absolute Gasteiger partial charge is 0.410 e. The Morgan fingerprint density at radius 1 is 1.29 bits per heavy atom. The summed E-state index contributed by atoms with van der Waals surface area (Å²) in [6, 6.07) is 4.89. The summed E-state index contributed by atoms with van der Waals surface area (Å²) in [7, 11) is -1.06. The molecule has 0 bridgehead atoms. The molecule has 2 aromatic heterocycles. The van der Waals surface area contributed by atoms with E-state index in [1.165, 1.54) is 43.3 Å². The first kappa shape index (κ1) is 23.4. The van der Waals surface area contributed by atoms with Crippen molar-refractivity contribution in [2.75, 3.05) is 18.8 Å². The van der Waals surface area contributed by atoms with Crippen LogP contribution >= 0.6 is 0 Å². The number of fused-ring (bicyclic) bond motifs is 1. The quantitative estimate of drug-likeness (QED) is 0.495. The van der Waals surface area contributed by atoms with Gasteiger partial charge in [0, 0.05) is 38.0 Å². The van der Waals surface area contributed by atoms with E-state index in [1.54, 1.807) is 0 Å². The molecule has 1 aromatic carbocycles. The molecule has 2 N–H and O–H groups in total. The molecule has 3 aromatic rings. The zero-order valence-corrected chi connectivity index (χ0v) is 18.9. The molecule has 0 unspecified atom stereocenters. The van der Waals surface area contributed by atoms with Crippen LogP contribution in [0.4, 0.5) is 15.0 Å². The summed E-state index contributed by atoms with van der Waals surface area (Å²) in [6.45, 7) is -0.534. The van der Waals surface area contributed by atoms with Crippen LogP contribution < -0.4 is 25.5 Å². The molecule has 2 heterocycles. The first-order valence-electron chi connectivity index (χ1n) is 10.0. The number of rotatable bonds is 7. The second-order valence-electron chi connectivity index (χ2n) is 7.81. The maximum atomic E-state index is 14.9. The van der Waals surface area contributed by atoms with Crippen LogP contribution in [-0.2, 0) is 16.8 Å². The zero-order valence-electron chi connectivity index (χ0n) is 18.1. The number of anilines is 1. The molecule has 0 saturated heterocycles. The van der Waals surface area contributed by atoms with Crippen LogP contribution in [0, 0.1) is 5.82 Å². The number of hydrogen-bond donors (Lipinski definition) is 2. The van der Waals surface area contributed by atoms with Gasteiger partial charge in [-0.2, -0.15) is 13.1 Å². The first-order valence-corrected chi connectivity index (χ1v) is 11.5. The summed E-state index contributed by atoms with van der Waals surface area (Å²) >= 11 is 0. The fraction of sp³-hybridized carbons (Fsp3) is 0.300. The Morgan fingerprint density at radius 3 is 2.71 bits per heavy atom. The molecule has 1 saturated carbocycles. The molecule has 0 radical (unpaired) electrons. The van der Waals surface area contributed by atoms with Gasteiger partial charge in [-0.25, -0.2) is 23.5 Å². The van der Waals surface area contributed by atoms with Crippen LogP contribution in [0.2, 0.25) is 0 Å². The van der Waals surface area contributed by atoms with Gasteiger partial charge in [0.25, 0.3) is 5.56 Å². The van der Waals surface area contributed by atoms with E-state index in [0.717, 1.165) is 6.20 Å². The van der Waals surface area contributed by atoms with Gasteiger partial charge in [0.2, 0.25) is 0 Å². The number of pyridine rings is 1. The number of nitrogens with one attached hydrogen (secondary N) is 2. The summed E-state index contributed by atoms with van der Waals surface area (Å²) < 4.78 is 54.4. The van der Waals surface area contributed by atoms with Crippen LogP contribution in [0.3, 0.4) is 0 Å². The van der Waals surface area contributed by atoms with Gasteiger partial charge in [-0.3, -0.25) is 9.52 Å². The van der Waals surface area contributed by atoms with Crippen molar-refractivity contribution in [3.63, 3.8) is 0 Å². The number of hydrogen-bond acceptors (Lipinski definition) is 8. The monoisotopic (exact) mass is 493 g/mol. The Labute approximate surface area is 192 Å². The average Bonchev–Trinajstić information content (AvgIpc) is 3.56. The Balaban J connectivity index is 1.64. The summed E-state index contributed by atoms with van der Waals surface area (Å²) in [6.07, 6.45) is 1.86. The average molecular weight is 493 g/mol. The maximum absolute atomic E-state index is 14.9. The van der Waals surface area contributed by atoms with Crippen LogP contribution in [0.1, 0.15) is 18.4 Å². The number of aromatic nitrogens is 2. The van der Waals surface area contributed by atoms with Crippen molar-refractivity contribution < 1.29 is 26.8 Å². The second kappa shape index (κ2) is 8.87. The van der Waals surface area contributed by atoms with E-state index in [4.69, 9.17) is 9.15 Å². The Bertz CT molecular complexity index is 1500. The number of ether oxygens (including phenoxy) is 1. The predicted octanol–water partition coefficient (Wildman–Crippen LogP) is 1.01. The lowest BCUT2D eigenvalue weighted by Crippen LogP contribution is -2.34. The van der Waals surface area contributed by atoms with Gasteiger partial charge < -0.3 is 14.1 Å². The minimum atomic E-state index is -4.04. The number of carbonyl (C=O) groups excluding carboxylic acids is 1. The maximum Gasteiger partial charge on any atom is 0.422 e. The van der Waals surface area contributed by atoms with E-state index in [0.29, 0.717) is 17.4 Å². The lowest BCUT2D eigenvalue weighted by molar-refractivity contribution is 0.172. The van der Waals surface area contributed by atoms with Crippen molar-refractivity contribution in [3.05, 3.63) is 62.7 Å². The van der Waals surface area contributed by atoms with Gasteiger partial charge in [0.05, 0.1) is 11.9 Å². The largest absolute Gasteiger partial charge is 0.422 e. The molecular weight excluding hydrogens is 473 g/mol. The lowest BCUT2D eigenvalue weighted by Gasteiger charge is -2.12. The Kier molecular flexibility index (Phi) is 6.10. The third-order valence-electron chi connectivity index (χ3n) is 4.84. The van der Waals surface area contributed by atoms with Crippen molar-refractivity contribution in [1.29, 1.82) is 0 Å². The fourth-order valence-electron chi connectivity index (χ4n) is 2.96. The van der Waals surface area contributed by atoms with Crippen molar-refractivity contribution >= 4 is 33.1 Å². The van der Waals surface area contributed by atoms with E-state index in [-0.39, 0.29) is 28.3 Å². The van der Waals surface area contributed by atoms with Gasteiger partial charge in [0.15, 0.2) is 11.6 Å². The zero-order chi connectivity index (χ0) is 24.6. The van der Waals surface area contributed by atoms with E-state index in [2.05, 4.69) is 9.71 Å². The highest BCUT2D eigenvalue weighted by molar-refractivity contribution is 7.90. The van der Waals surface area contributed by atoms with E-state index < -0.39 is 45.8 Å². The topological polar surface area (TPSA) is 153 Å². The van der Waals surface area contributed by atoms with E-state index in [1.807, 2.05) is 4.72 Å². The van der Waals surface area contributed by atoms with E-state index >= 15 is 0 Å². The van der Waals surface area contributed by atoms with Crippen molar-refractivity contribution in [2.45, 2.75) is 25.4 Å². The molecule has 1 amide bonds. The molecule has 14 heteroatoms. The van der Waals surface area contributed by atoms with Crippen LogP contribution in [0.5, 0.6) is 5.75 Å². The molecule has 4 rings (SSSR count). The predicted molar refractivity (Wildman–Crippen MR) is 118 cm³/mol. The molecule has 12 nitrogen and oxygen atoms in total. The molecule has 1 fully saturated rings. The van der Waals surface area contributed by atoms with Crippen molar-refractivity contribution in [1.82, 2.24) is 19.2 Å². The standard InChI is InChI=1S/C20H20FN5O7S/c1-25(2)19(28)32-13-5-6-14-15(9-13)33-20(29)26(18(14)27)10-11-7-8-22-17(16(11)21)24-34(30,31)23-12-3-4-12/h5-9,12,23H,3-4,10H2,1-2H3,(H,22,24). The SMILES string of the molecule is CN(C)C(=O)Oc1ccc2c(=O)n(Cc3ccnc(NS(=O)(=O)NC4CC4)c3F)c(=O)oc2c1. The van der Waals surface area contributed by atoms with Gasteiger partial charge in [0.1, 0.15) is 11.3 Å². The van der Waals surface area contributed by atoms with Crippen LogP contribution in [0.15, 0.2) is 44.5 Å². The number of benzene rings is 1. The Hall–Kier alpha value is -3.78. The molecule has 0 atom stereocenters. The molecule has 34 heavy (non-hydrogen) atoms. The number of halogens is 1. The summed E-state index contributed by atoms with van der Waals surface area (Å²) in [5.41, 5.74) is -1.06. The first-order chi connectivity index (χ1) is 16.0. The molecule has 180 valence electrons. The minimum Gasteiger partial charge on any atom is -0.410 e. The number of nitrogens with zero attached hydrogens (tertiary/aromatic N) is 3. The molecule has 1 aliphatic carbocycles. The second-order valence-corrected chi connectivity index (χ2v) is 9.26. The van der Waals surface area contributed by atoms with Gasteiger partial charge in [-0.05, 0) is 31.0 Å². The Morgan fingerprint density at radius 2 is 2.03 bits per heavy atom. The third kappa shape index (κ3) is 5.07. The van der Waals surface area contributed by atoms with E-state index in [9.17, 15) is 27.2 Å².